The second-order valence-corrected chi connectivity index (χ2v) is 3.33. The zero-order chi connectivity index (χ0) is 9.03. The summed E-state index contributed by atoms with van der Waals surface area (Å²) in [5, 5.41) is 20.6. The fourth-order valence-corrected chi connectivity index (χ4v) is 1.57. The SMILES string of the molecule is CN1CCC(C#N)(NCCO)C1. The molecule has 12 heavy (non-hydrogen) atoms. The predicted octanol–water partition coefficient (Wildman–Crippen LogP) is -0.834. The van der Waals surface area contributed by atoms with Crippen molar-refractivity contribution in [2.45, 2.75) is 12.0 Å². The monoisotopic (exact) mass is 169 g/mol. The van der Waals surface area contributed by atoms with Crippen LogP contribution >= 0.6 is 0 Å². The zero-order valence-corrected chi connectivity index (χ0v) is 7.38. The Bertz CT molecular complexity index is 189. The summed E-state index contributed by atoms with van der Waals surface area (Å²) in [5.74, 6) is 0. The molecule has 1 aliphatic rings. The summed E-state index contributed by atoms with van der Waals surface area (Å²) in [5.41, 5.74) is -0.419. The number of likely N-dealkylation sites (tertiary alicyclic amines) is 1. The van der Waals surface area contributed by atoms with Crippen LogP contribution in [0.3, 0.4) is 0 Å². The molecule has 1 rings (SSSR count). The largest absolute Gasteiger partial charge is 0.395 e. The van der Waals surface area contributed by atoms with Gasteiger partial charge in [0.2, 0.25) is 0 Å². The van der Waals surface area contributed by atoms with Crippen molar-refractivity contribution in [3.8, 4) is 6.07 Å². The lowest BCUT2D eigenvalue weighted by molar-refractivity contribution is 0.270. The van der Waals surface area contributed by atoms with Crippen LogP contribution in [0.25, 0.3) is 0 Å². The Hall–Kier alpha value is -0.630. The van der Waals surface area contributed by atoms with E-state index in [9.17, 15) is 0 Å². The summed E-state index contributed by atoms with van der Waals surface area (Å²) < 4.78 is 0. The molecule has 0 aliphatic carbocycles. The van der Waals surface area contributed by atoms with Crippen molar-refractivity contribution in [2.75, 3.05) is 33.3 Å². The van der Waals surface area contributed by atoms with Crippen LogP contribution in [0.4, 0.5) is 0 Å². The smallest absolute Gasteiger partial charge is 0.120 e. The first kappa shape index (κ1) is 9.46. The Morgan fingerprint density at radius 3 is 2.92 bits per heavy atom. The quantitative estimate of drug-likeness (QED) is 0.578. The van der Waals surface area contributed by atoms with Gasteiger partial charge < -0.3 is 10.0 Å². The van der Waals surface area contributed by atoms with E-state index in [4.69, 9.17) is 10.4 Å². The summed E-state index contributed by atoms with van der Waals surface area (Å²) in [6.07, 6.45) is 0.847. The molecule has 0 aromatic heterocycles. The molecule has 0 aromatic rings. The number of β-amino-alcohol motifs (C(OH)–C–C–N with tert-alkyl or cyclic N) is 1. The lowest BCUT2D eigenvalue weighted by Gasteiger charge is -2.21. The molecule has 1 atom stereocenters. The molecule has 1 heterocycles. The molecule has 1 fully saturated rings. The van der Waals surface area contributed by atoms with E-state index in [0.717, 1.165) is 19.5 Å². The second kappa shape index (κ2) is 3.85. The lowest BCUT2D eigenvalue weighted by Crippen LogP contribution is -2.47. The average molecular weight is 169 g/mol. The maximum absolute atomic E-state index is 8.94. The third-order valence-corrected chi connectivity index (χ3v) is 2.25. The molecule has 68 valence electrons. The van der Waals surface area contributed by atoms with Crippen LogP contribution in [0, 0.1) is 11.3 Å². The first-order valence-electron chi connectivity index (χ1n) is 4.18. The van der Waals surface area contributed by atoms with Gasteiger partial charge in [-0.05, 0) is 13.5 Å². The van der Waals surface area contributed by atoms with Gasteiger partial charge >= 0.3 is 0 Å². The lowest BCUT2D eigenvalue weighted by atomic mass is 10.0. The van der Waals surface area contributed by atoms with Gasteiger partial charge in [0.25, 0.3) is 0 Å². The molecule has 1 unspecified atom stereocenters. The van der Waals surface area contributed by atoms with Crippen molar-refractivity contribution in [3.05, 3.63) is 0 Å². The van der Waals surface area contributed by atoms with E-state index in [1.54, 1.807) is 0 Å². The molecule has 4 heteroatoms. The maximum atomic E-state index is 8.94. The van der Waals surface area contributed by atoms with E-state index < -0.39 is 5.54 Å². The van der Waals surface area contributed by atoms with Crippen LogP contribution < -0.4 is 5.32 Å². The van der Waals surface area contributed by atoms with Gasteiger partial charge in [-0.2, -0.15) is 5.26 Å². The third kappa shape index (κ3) is 1.95. The number of aliphatic hydroxyl groups excluding tert-OH is 1. The topological polar surface area (TPSA) is 59.3 Å². The Morgan fingerprint density at radius 1 is 1.75 bits per heavy atom. The zero-order valence-electron chi connectivity index (χ0n) is 7.38. The second-order valence-electron chi connectivity index (χ2n) is 3.33. The van der Waals surface area contributed by atoms with E-state index in [2.05, 4.69) is 16.3 Å². The highest BCUT2D eigenvalue weighted by molar-refractivity contribution is 5.12. The number of hydrogen-bond donors (Lipinski definition) is 2. The molecule has 0 aromatic carbocycles. The summed E-state index contributed by atoms with van der Waals surface area (Å²) in [4.78, 5) is 2.12. The van der Waals surface area contributed by atoms with Gasteiger partial charge in [-0.1, -0.05) is 0 Å². The number of likely N-dealkylation sites (N-methyl/N-ethyl adjacent to an activating group) is 1. The number of nitriles is 1. The fraction of sp³-hybridized carbons (Fsp3) is 0.875. The molecule has 1 saturated heterocycles. The van der Waals surface area contributed by atoms with Gasteiger partial charge in [0.05, 0.1) is 12.7 Å². The molecule has 0 amide bonds. The van der Waals surface area contributed by atoms with Gasteiger partial charge in [-0.15, -0.1) is 0 Å². The van der Waals surface area contributed by atoms with Gasteiger partial charge in [-0.25, -0.2) is 0 Å². The van der Waals surface area contributed by atoms with Gasteiger partial charge in [-0.3, -0.25) is 5.32 Å². The third-order valence-electron chi connectivity index (χ3n) is 2.25. The van der Waals surface area contributed by atoms with Gasteiger partial charge in [0.15, 0.2) is 0 Å². The van der Waals surface area contributed by atoms with Crippen molar-refractivity contribution >= 4 is 0 Å². The minimum atomic E-state index is -0.419. The van der Waals surface area contributed by atoms with Crippen molar-refractivity contribution < 1.29 is 5.11 Å². The number of aliphatic hydroxyl groups is 1. The number of nitrogens with zero attached hydrogens (tertiary/aromatic N) is 2. The summed E-state index contributed by atoms with van der Waals surface area (Å²) in [6, 6.07) is 2.28. The molecule has 0 spiro atoms. The van der Waals surface area contributed by atoms with Crippen molar-refractivity contribution in [1.82, 2.24) is 10.2 Å². The first-order valence-corrected chi connectivity index (χ1v) is 4.18. The molecule has 2 N–H and O–H groups in total. The predicted molar refractivity (Wildman–Crippen MR) is 45.5 cm³/mol. The van der Waals surface area contributed by atoms with Crippen molar-refractivity contribution in [2.24, 2.45) is 0 Å². The number of hydrogen-bond acceptors (Lipinski definition) is 4. The minimum absolute atomic E-state index is 0.0904. The molecule has 0 radical (unpaired) electrons. The Labute approximate surface area is 72.8 Å². The maximum Gasteiger partial charge on any atom is 0.120 e. The molecule has 0 bridgehead atoms. The van der Waals surface area contributed by atoms with E-state index in [1.165, 1.54) is 0 Å². The van der Waals surface area contributed by atoms with Crippen LogP contribution in [-0.2, 0) is 0 Å². The number of rotatable bonds is 3. The van der Waals surface area contributed by atoms with E-state index in [1.807, 2.05) is 7.05 Å². The first-order chi connectivity index (χ1) is 5.72. The van der Waals surface area contributed by atoms with Crippen LogP contribution in [0.1, 0.15) is 6.42 Å². The highest BCUT2D eigenvalue weighted by Gasteiger charge is 2.35. The average Bonchev–Trinajstić information content (AvgIpc) is 2.45. The summed E-state index contributed by atoms with van der Waals surface area (Å²) in [6.45, 7) is 2.30. The van der Waals surface area contributed by atoms with Gasteiger partial charge in [0, 0.05) is 19.6 Å². The highest BCUT2D eigenvalue weighted by atomic mass is 16.3. The van der Waals surface area contributed by atoms with Crippen LogP contribution in [0.2, 0.25) is 0 Å². The van der Waals surface area contributed by atoms with Crippen LogP contribution in [0.5, 0.6) is 0 Å². The Kier molecular flexibility index (Phi) is 3.04. The fourth-order valence-electron chi connectivity index (χ4n) is 1.57. The van der Waals surface area contributed by atoms with E-state index >= 15 is 0 Å². The number of nitrogens with one attached hydrogen (secondary N) is 1. The van der Waals surface area contributed by atoms with Crippen molar-refractivity contribution in [1.29, 1.82) is 5.26 Å². The Balaban J connectivity index is 2.48. The minimum Gasteiger partial charge on any atom is -0.395 e. The summed E-state index contributed by atoms with van der Waals surface area (Å²) >= 11 is 0. The molecule has 4 nitrogen and oxygen atoms in total. The van der Waals surface area contributed by atoms with E-state index in [-0.39, 0.29) is 6.61 Å². The van der Waals surface area contributed by atoms with E-state index in [0.29, 0.717) is 6.54 Å². The van der Waals surface area contributed by atoms with Crippen LogP contribution in [0.15, 0.2) is 0 Å². The standard InChI is InChI=1S/C8H15N3O/c1-11-4-2-8(6-9,7-11)10-3-5-12/h10,12H,2-5,7H2,1H3. The molecular weight excluding hydrogens is 154 g/mol. The normalized spacial score (nSPS) is 30.4. The van der Waals surface area contributed by atoms with Gasteiger partial charge in [0.1, 0.15) is 5.54 Å². The molecule has 0 saturated carbocycles. The molecular formula is C8H15N3O. The molecule has 1 aliphatic heterocycles. The Morgan fingerprint density at radius 2 is 2.50 bits per heavy atom. The highest BCUT2D eigenvalue weighted by Crippen LogP contribution is 2.18. The summed E-state index contributed by atoms with van der Waals surface area (Å²) in [7, 11) is 2.00. The van der Waals surface area contributed by atoms with Crippen LogP contribution in [-0.4, -0.2) is 48.8 Å². The van der Waals surface area contributed by atoms with Crippen molar-refractivity contribution in [3.63, 3.8) is 0 Å².